The number of nitrogens with one attached hydrogen (secondary N) is 1. The summed E-state index contributed by atoms with van der Waals surface area (Å²) in [5, 5.41) is 19.3. The molecule has 0 radical (unpaired) electrons. The van der Waals surface area contributed by atoms with Crippen molar-refractivity contribution in [3.05, 3.63) is 59.0 Å². The smallest absolute Gasteiger partial charge is 0.240 e. The fourth-order valence-electron chi connectivity index (χ4n) is 5.30. The van der Waals surface area contributed by atoms with Crippen LogP contribution in [0.5, 0.6) is 0 Å². The highest BCUT2D eigenvalue weighted by Crippen LogP contribution is 2.30. The summed E-state index contributed by atoms with van der Waals surface area (Å²) in [6.07, 6.45) is 4.79. The molecule has 0 bridgehead atoms. The van der Waals surface area contributed by atoms with Crippen LogP contribution < -0.4 is 10.2 Å². The number of piperidine rings is 1. The Morgan fingerprint density at radius 2 is 2.11 bits per heavy atom. The highest BCUT2D eigenvalue weighted by Gasteiger charge is 2.34. The molecule has 0 saturated carbocycles. The van der Waals surface area contributed by atoms with Crippen molar-refractivity contribution in [3.63, 3.8) is 0 Å². The predicted molar refractivity (Wildman–Crippen MR) is 135 cm³/mol. The molecule has 35 heavy (non-hydrogen) atoms. The number of aliphatic hydroxyl groups is 1. The Labute approximate surface area is 209 Å². The van der Waals surface area contributed by atoms with E-state index in [1.807, 2.05) is 28.6 Å². The average molecular weight is 500 g/mol. The molecule has 2 unspecified atom stereocenters. The first kappa shape index (κ1) is 24.0. The van der Waals surface area contributed by atoms with Crippen molar-refractivity contribution >= 4 is 34.1 Å². The Balaban J connectivity index is 1.37. The number of hydrogen-bond donors (Lipinski definition) is 2. The Hall–Kier alpha value is -2.68. The van der Waals surface area contributed by atoms with Gasteiger partial charge in [0.2, 0.25) is 5.91 Å². The summed E-state index contributed by atoms with van der Waals surface area (Å²) in [5.41, 5.74) is 2.41. The topological polar surface area (TPSA) is 73.6 Å². The van der Waals surface area contributed by atoms with Gasteiger partial charge in [0.05, 0.1) is 36.4 Å². The van der Waals surface area contributed by atoms with E-state index in [1.165, 1.54) is 6.07 Å². The van der Waals surface area contributed by atoms with E-state index in [1.54, 1.807) is 18.3 Å². The first-order valence-corrected chi connectivity index (χ1v) is 12.7. The number of aliphatic hydroxyl groups excluding tert-OH is 1. The lowest BCUT2D eigenvalue weighted by atomic mass is 10.0. The summed E-state index contributed by atoms with van der Waals surface area (Å²) in [6, 6.07) is 10.1. The lowest BCUT2D eigenvalue weighted by molar-refractivity contribution is -0.137. The number of amides is 1. The Bertz CT molecular complexity index is 1210. The van der Waals surface area contributed by atoms with E-state index in [-0.39, 0.29) is 36.5 Å². The fourth-order valence-corrected chi connectivity index (χ4v) is 5.46. The number of rotatable bonds is 5. The third-order valence-electron chi connectivity index (χ3n) is 7.31. The summed E-state index contributed by atoms with van der Waals surface area (Å²) in [5.74, 6) is -0.264. The molecule has 7 nitrogen and oxygen atoms in total. The minimum atomic E-state index is -0.358. The molecule has 0 aliphatic carbocycles. The quantitative estimate of drug-likeness (QED) is 0.561. The normalized spacial score (nSPS) is 21.9. The average Bonchev–Trinajstić information content (AvgIpc) is 3.31. The molecule has 3 aromatic rings. The van der Waals surface area contributed by atoms with Crippen molar-refractivity contribution < 1.29 is 14.3 Å². The lowest BCUT2D eigenvalue weighted by Crippen LogP contribution is -2.60. The Morgan fingerprint density at radius 3 is 2.86 bits per heavy atom. The largest absolute Gasteiger partial charge is 0.394 e. The van der Waals surface area contributed by atoms with Gasteiger partial charge < -0.3 is 20.2 Å². The van der Waals surface area contributed by atoms with Crippen molar-refractivity contribution in [1.82, 2.24) is 20.0 Å². The van der Waals surface area contributed by atoms with Crippen molar-refractivity contribution in [3.8, 4) is 0 Å². The molecule has 5 rings (SSSR count). The lowest BCUT2D eigenvalue weighted by Gasteiger charge is -2.43. The van der Waals surface area contributed by atoms with Gasteiger partial charge in [0, 0.05) is 41.3 Å². The number of aromatic nitrogens is 2. The summed E-state index contributed by atoms with van der Waals surface area (Å²) in [4.78, 5) is 17.1. The Morgan fingerprint density at radius 1 is 1.26 bits per heavy atom. The second kappa shape index (κ2) is 10.1. The molecule has 1 aromatic heterocycles. The fraction of sp³-hybridized carbons (Fsp3) is 0.462. The van der Waals surface area contributed by atoms with Gasteiger partial charge in [-0.1, -0.05) is 24.1 Å². The molecular formula is C26H31ClFN5O2. The number of benzene rings is 2. The molecule has 1 amide bonds. The zero-order valence-corrected chi connectivity index (χ0v) is 20.6. The van der Waals surface area contributed by atoms with Crippen LogP contribution in [0.2, 0.25) is 5.02 Å². The highest BCUT2D eigenvalue weighted by molar-refractivity contribution is 6.30. The Kier molecular flexibility index (Phi) is 6.95. The monoisotopic (exact) mass is 499 g/mol. The number of anilines is 1. The standard InChI is InChI=1S/C26H31ClFN5O2/c1-17(22-8-6-19(27)12-23(22)28)33-25-13-20(7-5-18(25)14-30-33)31-10-11-32(21(15-31)16-34)26(35)24-4-2-3-9-29-24/h5-8,12-14,17,21,24,29,34H,2-4,9-11,15-16H2,1H3/t17?,21-,24?/m0/s1. The van der Waals surface area contributed by atoms with Gasteiger partial charge >= 0.3 is 0 Å². The van der Waals surface area contributed by atoms with Crippen LogP contribution >= 0.6 is 11.6 Å². The molecule has 2 aliphatic heterocycles. The third-order valence-corrected chi connectivity index (χ3v) is 7.55. The van der Waals surface area contributed by atoms with Gasteiger partial charge in [-0.05, 0) is 56.6 Å². The van der Waals surface area contributed by atoms with Crippen LogP contribution in [-0.4, -0.2) is 70.6 Å². The number of piperazine rings is 1. The molecule has 3 atom stereocenters. The van der Waals surface area contributed by atoms with Crippen molar-refractivity contribution in [2.75, 3.05) is 37.7 Å². The van der Waals surface area contributed by atoms with Crippen molar-refractivity contribution in [2.45, 2.75) is 44.3 Å². The number of nitrogens with zero attached hydrogens (tertiary/aromatic N) is 4. The van der Waals surface area contributed by atoms with Crippen LogP contribution in [0, 0.1) is 5.82 Å². The van der Waals surface area contributed by atoms with Gasteiger partial charge in [0.15, 0.2) is 0 Å². The highest BCUT2D eigenvalue weighted by atomic mass is 35.5. The molecule has 3 heterocycles. The molecule has 9 heteroatoms. The molecule has 2 aromatic carbocycles. The van der Waals surface area contributed by atoms with Crippen LogP contribution in [0.25, 0.3) is 10.9 Å². The number of hydrogen-bond acceptors (Lipinski definition) is 5. The molecule has 0 spiro atoms. The van der Waals surface area contributed by atoms with Gasteiger partial charge in [-0.25, -0.2) is 4.39 Å². The molecule has 186 valence electrons. The number of fused-ring (bicyclic) bond motifs is 1. The van der Waals surface area contributed by atoms with Crippen LogP contribution in [-0.2, 0) is 4.79 Å². The van der Waals surface area contributed by atoms with E-state index in [0.29, 0.717) is 30.2 Å². The number of halogens is 2. The number of carbonyl (C=O) groups is 1. The van der Waals surface area contributed by atoms with Crippen LogP contribution in [0.1, 0.15) is 37.8 Å². The van der Waals surface area contributed by atoms with Crippen LogP contribution in [0.3, 0.4) is 0 Å². The molecule has 2 saturated heterocycles. The van der Waals surface area contributed by atoms with E-state index in [4.69, 9.17) is 11.6 Å². The van der Waals surface area contributed by atoms with E-state index in [0.717, 1.165) is 42.4 Å². The minimum absolute atomic E-state index is 0.0813. The first-order chi connectivity index (χ1) is 17.0. The van der Waals surface area contributed by atoms with Crippen molar-refractivity contribution in [2.24, 2.45) is 0 Å². The summed E-state index contributed by atoms with van der Waals surface area (Å²) in [7, 11) is 0. The maximum absolute atomic E-state index is 14.6. The maximum Gasteiger partial charge on any atom is 0.240 e. The maximum atomic E-state index is 14.6. The van der Waals surface area contributed by atoms with Gasteiger partial charge in [0.25, 0.3) is 0 Å². The van der Waals surface area contributed by atoms with Gasteiger partial charge in [-0.3, -0.25) is 9.48 Å². The van der Waals surface area contributed by atoms with Gasteiger partial charge in [0.1, 0.15) is 5.82 Å². The van der Waals surface area contributed by atoms with Gasteiger partial charge in [-0.2, -0.15) is 5.10 Å². The molecule has 2 N–H and O–H groups in total. The van der Waals surface area contributed by atoms with Gasteiger partial charge in [-0.15, -0.1) is 0 Å². The number of carbonyl (C=O) groups excluding carboxylic acids is 1. The first-order valence-electron chi connectivity index (χ1n) is 12.3. The van der Waals surface area contributed by atoms with E-state index >= 15 is 0 Å². The van der Waals surface area contributed by atoms with Crippen LogP contribution in [0.15, 0.2) is 42.6 Å². The predicted octanol–water partition coefficient (Wildman–Crippen LogP) is 3.59. The zero-order valence-electron chi connectivity index (χ0n) is 19.8. The van der Waals surface area contributed by atoms with E-state index in [9.17, 15) is 14.3 Å². The summed E-state index contributed by atoms with van der Waals surface area (Å²) >= 11 is 5.93. The molecule has 2 fully saturated rings. The molecule has 2 aliphatic rings. The van der Waals surface area contributed by atoms with E-state index < -0.39 is 0 Å². The minimum Gasteiger partial charge on any atom is -0.394 e. The van der Waals surface area contributed by atoms with Crippen LogP contribution in [0.4, 0.5) is 10.1 Å². The third kappa shape index (κ3) is 4.75. The molecular weight excluding hydrogens is 469 g/mol. The van der Waals surface area contributed by atoms with E-state index in [2.05, 4.69) is 21.4 Å². The zero-order chi connectivity index (χ0) is 24.5. The van der Waals surface area contributed by atoms with Crippen molar-refractivity contribution in [1.29, 1.82) is 0 Å². The SMILES string of the molecule is CC(c1ccc(Cl)cc1F)n1ncc2ccc(N3CCN(C(=O)C4CCCCN4)[C@H](CO)C3)cc21. The summed E-state index contributed by atoms with van der Waals surface area (Å²) < 4.78 is 16.4. The second-order valence-corrected chi connectivity index (χ2v) is 9.93. The summed E-state index contributed by atoms with van der Waals surface area (Å²) in [6.45, 7) is 4.49. The second-order valence-electron chi connectivity index (χ2n) is 9.49.